The minimum Gasteiger partial charge on any atom is -0.360 e. The molecule has 0 fully saturated rings. The molecule has 19 heavy (non-hydrogen) atoms. The van der Waals surface area contributed by atoms with Crippen molar-refractivity contribution in [2.45, 2.75) is 0 Å². The van der Waals surface area contributed by atoms with E-state index in [2.05, 4.69) is 74.6 Å². The molecule has 2 heterocycles. The highest BCUT2D eigenvalue weighted by atomic mass is 79.9. The monoisotopic (exact) mass is 310 g/mol. The molecule has 4 rings (SSSR count). The van der Waals surface area contributed by atoms with Crippen LogP contribution < -0.4 is 0 Å². The summed E-state index contributed by atoms with van der Waals surface area (Å²) in [6.07, 6.45) is 2.06. The molecular formula is C16H11BrN2. The van der Waals surface area contributed by atoms with Gasteiger partial charge < -0.3 is 9.97 Å². The second-order valence-electron chi connectivity index (χ2n) is 4.66. The topological polar surface area (TPSA) is 31.6 Å². The number of hydrogen-bond acceptors (Lipinski definition) is 0. The number of benzene rings is 2. The summed E-state index contributed by atoms with van der Waals surface area (Å²) in [4.78, 5) is 6.79. The van der Waals surface area contributed by atoms with E-state index in [1.54, 1.807) is 0 Å². The van der Waals surface area contributed by atoms with Crippen LogP contribution in [0.1, 0.15) is 0 Å². The van der Waals surface area contributed by atoms with Gasteiger partial charge in [0.25, 0.3) is 0 Å². The zero-order valence-corrected chi connectivity index (χ0v) is 11.7. The summed E-state index contributed by atoms with van der Waals surface area (Å²) in [5, 5.41) is 2.47. The molecule has 92 valence electrons. The van der Waals surface area contributed by atoms with Crippen molar-refractivity contribution in [3.05, 3.63) is 59.2 Å². The Kier molecular flexibility index (Phi) is 2.29. The van der Waals surface area contributed by atoms with Crippen molar-refractivity contribution < 1.29 is 0 Å². The summed E-state index contributed by atoms with van der Waals surface area (Å²) < 4.78 is 1.09. The maximum absolute atomic E-state index is 3.50. The molecule has 0 aliphatic carbocycles. The van der Waals surface area contributed by atoms with E-state index >= 15 is 0 Å². The first-order valence-corrected chi connectivity index (χ1v) is 6.95. The largest absolute Gasteiger partial charge is 0.360 e. The van der Waals surface area contributed by atoms with Crippen LogP contribution in [0.3, 0.4) is 0 Å². The van der Waals surface area contributed by atoms with Crippen molar-refractivity contribution in [1.29, 1.82) is 0 Å². The Balaban J connectivity index is 1.99. The van der Waals surface area contributed by atoms with Crippen molar-refractivity contribution in [3.63, 3.8) is 0 Å². The van der Waals surface area contributed by atoms with Gasteiger partial charge in [0.1, 0.15) is 0 Å². The van der Waals surface area contributed by atoms with Crippen molar-refractivity contribution in [3.8, 4) is 11.3 Å². The van der Waals surface area contributed by atoms with Crippen LogP contribution >= 0.6 is 15.9 Å². The SMILES string of the molecule is Brc1ccc2cc(-c3c[nH]c4ccccc34)[nH]c2c1. The number of H-pyrrole nitrogens is 2. The molecule has 0 bridgehead atoms. The van der Waals surface area contributed by atoms with Gasteiger partial charge in [-0.25, -0.2) is 0 Å². The number of hydrogen-bond donors (Lipinski definition) is 2. The smallest absolute Gasteiger partial charge is 0.0486 e. The normalized spacial score (nSPS) is 11.4. The van der Waals surface area contributed by atoms with Gasteiger partial charge in [-0.15, -0.1) is 0 Å². The Bertz CT molecular complexity index is 886. The first kappa shape index (κ1) is 10.9. The summed E-state index contributed by atoms with van der Waals surface area (Å²) in [6, 6.07) is 16.8. The van der Waals surface area contributed by atoms with Gasteiger partial charge in [-0.1, -0.05) is 40.2 Å². The van der Waals surface area contributed by atoms with Gasteiger partial charge in [0.05, 0.1) is 0 Å². The fraction of sp³-hybridized carbons (Fsp3) is 0. The number of aromatic nitrogens is 2. The molecule has 2 aromatic carbocycles. The fourth-order valence-electron chi connectivity index (χ4n) is 2.54. The van der Waals surface area contributed by atoms with Crippen LogP contribution in [0, 0.1) is 0 Å². The zero-order valence-electron chi connectivity index (χ0n) is 10.1. The lowest BCUT2D eigenvalue weighted by molar-refractivity contribution is 1.43. The van der Waals surface area contributed by atoms with E-state index in [1.807, 2.05) is 6.07 Å². The van der Waals surface area contributed by atoms with Crippen molar-refractivity contribution in [2.24, 2.45) is 0 Å². The van der Waals surface area contributed by atoms with E-state index in [0.717, 1.165) is 21.2 Å². The van der Waals surface area contributed by atoms with E-state index in [-0.39, 0.29) is 0 Å². The lowest BCUT2D eigenvalue weighted by Gasteiger charge is -1.94. The zero-order chi connectivity index (χ0) is 12.8. The van der Waals surface area contributed by atoms with E-state index in [1.165, 1.54) is 16.3 Å². The minimum atomic E-state index is 1.09. The fourth-order valence-corrected chi connectivity index (χ4v) is 2.90. The molecule has 0 aliphatic rings. The van der Waals surface area contributed by atoms with Crippen molar-refractivity contribution in [1.82, 2.24) is 9.97 Å². The van der Waals surface area contributed by atoms with Crippen LogP contribution in [-0.4, -0.2) is 9.97 Å². The molecular weight excluding hydrogens is 300 g/mol. The Morgan fingerprint density at radius 3 is 2.74 bits per heavy atom. The van der Waals surface area contributed by atoms with Gasteiger partial charge in [-0.05, 0) is 24.3 Å². The highest BCUT2D eigenvalue weighted by Gasteiger charge is 2.08. The summed E-state index contributed by atoms with van der Waals surface area (Å²) in [7, 11) is 0. The third kappa shape index (κ3) is 1.70. The van der Waals surface area contributed by atoms with E-state index in [4.69, 9.17) is 0 Å². The predicted octanol–water partition coefficient (Wildman–Crippen LogP) is 5.08. The highest BCUT2D eigenvalue weighted by Crippen LogP contribution is 2.31. The molecule has 0 unspecified atom stereocenters. The Morgan fingerprint density at radius 2 is 1.79 bits per heavy atom. The second-order valence-corrected chi connectivity index (χ2v) is 5.58. The molecule has 3 heteroatoms. The van der Waals surface area contributed by atoms with Crippen molar-refractivity contribution >= 4 is 37.7 Å². The molecule has 0 atom stereocenters. The Hall–Kier alpha value is -2.00. The van der Waals surface area contributed by atoms with Gasteiger partial charge in [0.2, 0.25) is 0 Å². The van der Waals surface area contributed by atoms with E-state index in [9.17, 15) is 0 Å². The number of para-hydroxylation sites is 1. The maximum Gasteiger partial charge on any atom is 0.0486 e. The molecule has 0 saturated heterocycles. The quantitative estimate of drug-likeness (QED) is 0.491. The standard InChI is InChI=1S/C16H11BrN2/c17-11-6-5-10-7-16(19-15(10)8-11)13-9-18-14-4-2-1-3-12(13)14/h1-9,18-19H. The third-order valence-corrected chi connectivity index (χ3v) is 3.96. The van der Waals surface area contributed by atoms with E-state index < -0.39 is 0 Å². The summed E-state index contributed by atoms with van der Waals surface area (Å²) >= 11 is 3.50. The van der Waals surface area contributed by atoms with Gasteiger partial charge in [0.15, 0.2) is 0 Å². The number of rotatable bonds is 1. The van der Waals surface area contributed by atoms with Gasteiger partial charge in [-0.2, -0.15) is 0 Å². The molecule has 0 amide bonds. The molecule has 0 spiro atoms. The first-order chi connectivity index (χ1) is 9.31. The van der Waals surface area contributed by atoms with Crippen LogP contribution in [0.5, 0.6) is 0 Å². The average molecular weight is 311 g/mol. The number of aromatic amines is 2. The molecule has 4 aromatic rings. The lowest BCUT2D eigenvalue weighted by Crippen LogP contribution is -1.74. The molecule has 2 N–H and O–H groups in total. The maximum atomic E-state index is 3.50. The third-order valence-electron chi connectivity index (χ3n) is 3.46. The van der Waals surface area contributed by atoms with Gasteiger partial charge >= 0.3 is 0 Å². The van der Waals surface area contributed by atoms with Crippen LogP contribution in [-0.2, 0) is 0 Å². The number of fused-ring (bicyclic) bond motifs is 2. The van der Waals surface area contributed by atoms with Crippen molar-refractivity contribution in [2.75, 3.05) is 0 Å². The lowest BCUT2D eigenvalue weighted by atomic mass is 10.1. The Labute approximate surface area is 118 Å². The molecule has 2 aromatic heterocycles. The molecule has 0 saturated carbocycles. The van der Waals surface area contributed by atoms with Gasteiger partial charge in [0, 0.05) is 43.7 Å². The first-order valence-electron chi connectivity index (χ1n) is 6.16. The molecule has 0 aliphatic heterocycles. The molecule has 2 nitrogen and oxygen atoms in total. The summed E-state index contributed by atoms with van der Waals surface area (Å²) in [5.41, 5.74) is 4.67. The summed E-state index contributed by atoms with van der Waals surface area (Å²) in [6.45, 7) is 0. The number of nitrogens with one attached hydrogen (secondary N) is 2. The van der Waals surface area contributed by atoms with Crippen LogP contribution in [0.2, 0.25) is 0 Å². The van der Waals surface area contributed by atoms with Crippen LogP contribution in [0.4, 0.5) is 0 Å². The Morgan fingerprint density at radius 1 is 0.895 bits per heavy atom. The number of halogens is 1. The predicted molar refractivity (Wildman–Crippen MR) is 83.3 cm³/mol. The molecule has 0 radical (unpaired) electrons. The second kappa shape index (κ2) is 4.00. The highest BCUT2D eigenvalue weighted by molar-refractivity contribution is 9.10. The average Bonchev–Trinajstić information content (AvgIpc) is 3.00. The van der Waals surface area contributed by atoms with Crippen LogP contribution in [0.15, 0.2) is 59.2 Å². The van der Waals surface area contributed by atoms with Crippen LogP contribution in [0.25, 0.3) is 33.1 Å². The van der Waals surface area contributed by atoms with Gasteiger partial charge in [-0.3, -0.25) is 0 Å². The summed E-state index contributed by atoms with van der Waals surface area (Å²) in [5.74, 6) is 0. The minimum absolute atomic E-state index is 1.09. The van der Waals surface area contributed by atoms with E-state index in [0.29, 0.717) is 0 Å².